The summed E-state index contributed by atoms with van der Waals surface area (Å²) in [6.07, 6.45) is 10.7. The summed E-state index contributed by atoms with van der Waals surface area (Å²) in [7, 11) is 0. The van der Waals surface area contributed by atoms with Gasteiger partial charge in [0.05, 0.1) is 6.61 Å². The summed E-state index contributed by atoms with van der Waals surface area (Å²) in [5.41, 5.74) is 3.15. The highest BCUT2D eigenvalue weighted by Crippen LogP contribution is 2.43. The topological polar surface area (TPSA) is 96.3 Å². The maximum Gasteiger partial charge on any atom is 0.172 e. The number of hydrogen-bond donors (Lipinski definition) is 0. The molecule has 192 valence electrons. The van der Waals surface area contributed by atoms with Gasteiger partial charge in [0, 0.05) is 54.8 Å². The molecule has 7 nitrogen and oxygen atoms in total. The van der Waals surface area contributed by atoms with Crippen LogP contribution in [0, 0.1) is 34.0 Å². The average molecular weight is 498 g/mol. The van der Waals surface area contributed by atoms with E-state index in [1.54, 1.807) is 0 Å². The number of rotatable bonds is 8. The molecule has 2 saturated heterocycles. The molecule has 0 spiro atoms. The molecule has 0 saturated carbocycles. The summed E-state index contributed by atoms with van der Waals surface area (Å²) in [6, 6.07) is 10.3. The number of anilines is 2. The van der Waals surface area contributed by atoms with Crippen LogP contribution in [0.3, 0.4) is 0 Å². The molecule has 0 aromatic heterocycles. The number of benzene rings is 1. The summed E-state index contributed by atoms with van der Waals surface area (Å²) in [4.78, 5) is 4.86. The van der Waals surface area contributed by atoms with Gasteiger partial charge in [0.1, 0.15) is 35.1 Å². The Kier molecular flexibility index (Phi) is 8.10. The van der Waals surface area contributed by atoms with E-state index in [-0.39, 0.29) is 16.9 Å². The minimum absolute atomic E-state index is 0.0562. The number of allylic oxidation sites excluding steroid dienone is 2. The molecular formula is C30H35N5O2. The van der Waals surface area contributed by atoms with Crippen molar-refractivity contribution in [1.82, 2.24) is 0 Å². The number of nitrogens with zero attached hydrogens (tertiary/aromatic N) is 5. The van der Waals surface area contributed by atoms with Crippen LogP contribution in [0.5, 0.6) is 5.75 Å². The largest absolute Gasteiger partial charge is 0.493 e. The summed E-state index contributed by atoms with van der Waals surface area (Å²) in [5, 5.41) is 28.7. The standard InChI is InChI=1S/C30H35N5O2/c1-4-5-16-36-28-18-23(34-12-6-7-13-34)17-27(35-14-8-9-15-35)24(28)10-11-26-25(21-33)29(22(19-31)20-32)37-30(26,2)3/h10-11,17-18H,4-9,12-16H2,1-3H3/b11-10+. The first-order valence-corrected chi connectivity index (χ1v) is 13.3. The van der Waals surface area contributed by atoms with Gasteiger partial charge in [0.25, 0.3) is 0 Å². The third-order valence-electron chi connectivity index (χ3n) is 7.26. The molecule has 1 aromatic rings. The normalized spacial score (nSPS) is 18.6. The summed E-state index contributed by atoms with van der Waals surface area (Å²) < 4.78 is 12.3. The number of ether oxygens (including phenoxy) is 2. The third-order valence-corrected chi connectivity index (χ3v) is 7.26. The van der Waals surface area contributed by atoms with Gasteiger partial charge in [0.15, 0.2) is 11.3 Å². The van der Waals surface area contributed by atoms with Crippen molar-refractivity contribution in [3.63, 3.8) is 0 Å². The SMILES string of the molecule is CCCCOc1cc(N2CCCC2)cc(N2CCCC2)c1/C=C/C1=C(C#N)C(=C(C#N)C#N)OC1(C)C. The Balaban J connectivity index is 1.85. The fraction of sp³-hybridized carbons (Fsp3) is 0.500. The van der Waals surface area contributed by atoms with Crippen LogP contribution < -0.4 is 14.5 Å². The van der Waals surface area contributed by atoms with Crippen molar-refractivity contribution in [2.24, 2.45) is 0 Å². The number of nitriles is 3. The maximum absolute atomic E-state index is 9.95. The van der Waals surface area contributed by atoms with Crippen molar-refractivity contribution < 1.29 is 9.47 Å². The van der Waals surface area contributed by atoms with Crippen molar-refractivity contribution in [2.45, 2.75) is 64.9 Å². The zero-order valence-electron chi connectivity index (χ0n) is 22.1. The van der Waals surface area contributed by atoms with Gasteiger partial charge in [-0.2, -0.15) is 15.8 Å². The second-order valence-electron chi connectivity index (χ2n) is 10.2. The molecule has 3 aliphatic heterocycles. The van der Waals surface area contributed by atoms with E-state index in [2.05, 4.69) is 34.9 Å². The molecule has 7 heteroatoms. The molecule has 37 heavy (non-hydrogen) atoms. The van der Waals surface area contributed by atoms with Gasteiger partial charge < -0.3 is 19.3 Å². The smallest absolute Gasteiger partial charge is 0.172 e. The van der Waals surface area contributed by atoms with Crippen LogP contribution in [0.15, 0.2) is 40.7 Å². The van der Waals surface area contributed by atoms with Crippen molar-refractivity contribution in [2.75, 3.05) is 42.6 Å². The molecule has 0 aliphatic carbocycles. The predicted molar refractivity (Wildman–Crippen MR) is 145 cm³/mol. The molecule has 0 atom stereocenters. The van der Waals surface area contributed by atoms with Gasteiger partial charge in [0.2, 0.25) is 0 Å². The lowest BCUT2D eigenvalue weighted by Gasteiger charge is -2.27. The van der Waals surface area contributed by atoms with Crippen LogP contribution in [0.2, 0.25) is 0 Å². The highest BCUT2D eigenvalue weighted by Gasteiger charge is 2.38. The third kappa shape index (κ3) is 5.45. The van der Waals surface area contributed by atoms with E-state index in [0.29, 0.717) is 12.2 Å². The predicted octanol–water partition coefficient (Wildman–Crippen LogP) is 6.01. The van der Waals surface area contributed by atoms with Crippen LogP contribution in [0.4, 0.5) is 11.4 Å². The van der Waals surface area contributed by atoms with Crippen molar-refractivity contribution in [3.8, 4) is 24.0 Å². The molecule has 0 unspecified atom stereocenters. The quantitative estimate of drug-likeness (QED) is 0.320. The Morgan fingerprint density at radius 3 is 2.24 bits per heavy atom. The van der Waals surface area contributed by atoms with Crippen molar-refractivity contribution in [3.05, 3.63) is 46.3 Å². The first kappa shape index (κ1) is 26.2. The van der Waals surface area contributed by atoms with Crippen LogP contribution in [-0.4, -0.2) is 38.4 Å². The highest BCUT2D eigenvalue weighted by atomic mass is 16.5. The summed E-state index contributed by atoms with van der Waals surface area (Å²) in [6.45, 7) is 10.6. The number of unbranched alkanes of at least 4 members (excludes halogenated alkanes) is 1. The zero-order chi connectivity index (χ0) is 26.4. The average Bonchev–Trinajstić information content (AvgIpc) is 3.65. The Bertz CT molecular complexity index is 1220. The van der Waals surface area contributed by atoms with E-state index >= 15 is 0 Å². The van der Waals surface area contributed by atoms with Crippen molar-refractivity contribution in [1.29, 1.82) is 15.8 Å². The van der Waals surface area contributed by atoms with Crippen LogP contribution in [-0.2, 0) is 4.74 Å². The minimum Gasteiger partial charge on any atom is -0.493 e. The van der Waals surface area contributed by atoms with Crippen LogP contribution >= 0.6 is 0 Å². The second kappa shape index (κ2) is 11.4. The lowest BCUT2D eigenvalue weighted by atomic mass is 9.93. The maximum atomic E-state index is 9.95. The first-order chi connectivity index (χ1) is 17.9. The van der Waals surface area contributed by atoms with Gasteiger partial charge in [-0.15, -0.1) is 0 Å². The highest BCUT2D eigenvalue weighted by molar-refractivity contribution is 5.80. The Labute approximate surface area is 220 Å². The molecule has 0 bridgehead atoms. The number of hydrogen-bond acceptors (Lipinski definition) is 7. The van der Waals surface area contributed by atoms with E-state index < -0.39 is 5.60 Å². The Hall–Kier alpha value is -3.89. The molecular weight excluding hydrogens is 462 g/mol. The fourth-order valence-electron chi connectivity index (χ4n) is 5.24. The molecule has 3 heterocycles. The van der Waals surface area contributed by atoms with E-state index in [1.165, 1.54) is 18.5 Å². The van der Waals surface area contributed by atoms with Gasteiger partial charge in [-0.3, -0.25) is 0 Å². The van der Waals surface area contributed by atoms with Crippen LogP contribution in [0.1, 0.15) is 64.9 Å². The van der Waals surface area contributed by atoms with Crippen molar-refractivity contribution >= 4 is 17.5 Å². The zero-order valence-corrected chi connectivity index (χ0v) is 22.1. The Morgan fingerprint density at radius 2 is 1.65 bits per heavy atom. The van der Waals surface area contributed by atoms with Gasteiger partial charge >= 0.3 is 0 Å². The summed E-state index contributed by atoms with van der Waals surface area (Å²) in [5.74, 6) is 0.901. The van der Waals surface area contributed by atoms with E-state index in [4.69, 9.17) is 9.47 Å². The lowest BCUT2D eigenvalue weighted by molar-refractivity contribution is 0.0954. The van der Waals surface area contributed by atoms with E-state index in [1.807, 2.05) is 38.1 Å². The Morgan fingerprint density at radius 1 is 1.00 bits per heavy atom. The lowest BCUT2D eigenvalue weighted by Crippen LogP contribution is -2.22. The molecule has 1 aromatic carbocycles. The molecule has 4 rings (SSSR count). The van der Waals surface area contributed by atoms with Gasteiger partial charge in [-0.25, -0.2) is 0 Å². The first-order valence-electron chi connectivity index (χ1n) is 13.3. The second-order valence-corrected chi connectivity index (χ2v) is 10.2. The summed E-state index contributed by atoms with van der Waals surface area (Å²) >= 11 is 0. The minimum atomic E-state index is -0.859. The monoisotopic (exact) mass is 497 g/mol. The fourth-order valence-corrected chi connectivity index (χ4v) is 5.24. The molecule has 3 aliphatic rings. The van der Waals surface area contributed by atoms with E-state index in [0.717, 1.165) is 68.9 Å². The molecule has 0 N–H and O–H groups in total. The molecule has 2 fully saturated rings. The van der Waals surface area contributed by atoms with E-state index in [9.17, 15) is 15.8 Å². The molecule has 0 amide bonds. The van der Waals surface area contributed by atoms with Gasteiger partial charge in [-0.05, 0) is 58.1 Å². The van der Waals surface area contributed by atoms with Crippen LogP contribution in [0.25, 0.3) is 6.08 Å². The van der Waals surface area contributed by atoms with Gasteiger partial charge in [-0.1, -0.05) is 19.4 Å². The molecule has 0 radical (unpaired) electrons.